The molecule has 2 aromatic heterocycles. The van der Waals surface area contributed by atoms with E-state index in [9.17, 15) is 9.59 Å². The van der Waals surface area contributed by atoms with E-state index in [0.29, 0.717) is 36.5 Å². The van der Waals surface area contributed by atoms with Gasteiger partial charge in [0.15, 0.2) is 0 Å². The van der Waals surface area contributed by atoms with Crippen molar-refractivity contribution in [3.63, 3.8) is 0 Å². The Bertz CT molecular complexity index is 1450. The Labute approximate surface area is 241 Å². The molecule has 1 atom stereocenters. The van der Waals surface area contributed by atoms with Crippen molar-refractivity contribution in [3.8, 4) is 16.9 Å². The van der Waals surface area contributed by atoms with Gasteiger partial charge in [-0.15, -0.1) is 5.10 Å². The molecule has 0 radical (unpaired) electrons. The molecule has 1 unspecified atom stereocenters. The quantitative estimate of drug-likeness (QED) is 0.107. The number of carbonyl (C=O) groups is 1. The number of rotatable bonds is 14. The lowest BCUT2D eigenvalue weighted by atomic mass is 10.1. The smallest absolute Gasteiger partial charge is 0.344 e. The summed E-state index contributed by atoms with van der Waals surface area (Å²) in [6, 6.07) is 16.9. The Hall–Kier alpha value is -3.24. The van der Waals surface area contributed by atoms with Crippen LogP contribution in [0.15, 0.2) is 70.0 Å². The van der Waals surface area contributed by atoms with Crippen LogP contribution >= 0.6 is 21.6 Å². The summed E-state index contributed by atoms with van der Waals surface area (Å²) in [5.41, 5.74) is 2.28. The Morgan fingerprint density at radius 2 is 2.00 bits per heavy atom. The van der Waals surface area contributed by atoms with E-state index < -0.39 is 0 Å². The number of nitrogens with zero attached hydrogens (tertiary/aromatic N) is 3. The number of benzene rings is 2. The molecule has 1 amide bonds. The van der Waals surface area contributed by atoms with E-state index >= 15 is 0 Å². The second kappa shape index (κ2) is 14.4. The van der Waals surface area contributed by atoms with E-state index in [-0.39, 0.29) is 11.5 Å². The Morgan fingerprint density at radius 1 is 1.10 bits per heavy atom. The van der Waals surface area contributed by atoms with Gasteiger partial charge in [0, 0.05) is 35.4 Å². The van der Waals surface area contributed by atoms with Gasteiger partial charge in [-0.1, -0.05) is 63.6 Å². The van der Waals surface area contributed by atoms with Gasteiger partial charge >= 0.3 is 5.63 Å². The average Bonchev–Trinajstić information content (AvgIpc) is 3.66. The molecular formula is C30H34N4O4S2. The topological polar surface area (TPSA) is 99.2 Å². The van der Waals surface area contributed by atoms with Crippen molar-refractivity contribution in [2.45, 2.75) is 63.3 Å². The predicted octanol–water partition coefficient (Wildman–Crippen LogP) is 6.24. The van der Waals surface area contributed by atoms with Crippen molar-refractivity contribution in [2.75, 3.05) is 12.4 Å². The third kappa shape index (κ3) is 8.14. The fourth-order valence-corrected chi connectivity index (χ4v) is 7.62. The maximum absolute atomic E-state index is 12.5. The van der Waals surface area contributed by atoms with Gasteiger partial charge in [0.1, 0.15) is 17.0 Å². The summed E-state index contributed by atoms with van der Waals surface area (Å²) >= 11 is 0. The lowest BCUT2D eigenvalue weighted by Crippen LogP contribution is -2.22. The van der Waals surface area contributed by atoms with E-state index in [4.69, 9.17) is 9.15 Å². The molecule has 0 saturated carbocycles. The second-order valence-electron chi connectivity index (χ2n) is 9.89. The highest BCUT2D eigenvalue weighted by Crippen LogP contribution is 2.39. The van der Waals surface area contributed by atoms with Crippen molar-refractivity contribution in [3.05, 3.63) is 76.9 Å². The molecule has 210 valence electrons. The van der Waals surface area contributed by atoms with Crippen molar-refractivity contribution in [1.82, 2.24) is 20.3 Å². The van der Waals surface area contributed by atoms with Crippen LogP contribution in [0.3, 0.4) is 0 Å². The molecule has 10 heteroatoms. The molecule has 1 aliphatic rings. The first-order chi connectivity index (χ1) is 19.6. The standard InChI is InChI=1S/C30H34N4O4S2/c35-29(11-5-4-10-26-14-17-39-40-26)31-20-24-21-34(33-32-24)15-6-7-16-37-25-13-12-23-18-27(22-8-2-1-3-9-22)30(36)38-28(23)19-25/h1-3,8-9,12-13,18-19,21,26H,4-7,10-11,14-17,20H2,(H,31,35). The Kier molecular flexibility index (Phi) is 10.2. The summed E-state index contributed by atoms with van der Waals surface area (Å²) in [6.07, 6.45) is 8.70. The SMILES string of the molecule is O=C(CCCCC1CCSS1)NCc1cn(CCCCOc2ccc3cc(-c4ccccc4)c(=O)oc3c2)nn1. The van der Waals surface area contributed by atoms with Gasteiger partial charge in [0.25, 0.3) is 0 Å². The normalized spacial score (nSPS) is 14.9. The maximum Gasteiger partial charge on any atom is 0.344 e. The largest absolute Gasteiger partial charge is 0.493 e. The molecule has 40 heavy (non-hydrogen) atoms. The van der Waals surface area contributed by atoms with Crippen molar-refractivity contribution in [1.29, 1.82) is 0 Å². The molecule has 5 rings (SSSR count). The zero-order chi connectivity index (χ0) is 27.6. The minimum Gasteiger partial charge on any atom is -0.493 e. The maximum atomic E-state index is 12.5. The summed E-state index contributed by atoms with van der Waals surface area (Å²) in [5, 5.41) is 12.9. The van der Waals surface area contributed by atoms with Crippen LogP contribution < -0.4 is 15.7 Å². The minimum absolute atomic E-state index is 0.0738. The number of unbranched alkanes of at least 4 members (excludes halogenated alkanes) is 2. The summed E-state index contributed by atoms with van der Waals surface area (Å²) in [6.45, 7) is 1.66. The predicted molar refractivity (Wildman–Crippen MR) is 161 cm³/mol. The molecule has 1 aliphatic heterocycles. The average molecular weight is 579 g/mol. The fraction of sp³-hybridized carbons (Fsp3) is 0.400. The van der Waals surface area contributed by atoms with Crippen LogP contribution in [0.25, 0.3) is 22.1 Å². The number of aryl methyl sites for hydroxylation is 1. The third-order valence-electron chi connectivity index (χ3n) is 6.80. The molecule has 0 spiro atoms. The van der Waals surface area contributed by atoms with E-state index in [1.807, 2.05) is 76.3 Å². The van der Waals surface area contributed by atoms with Crippen LogP contribution in [0, 0.1) is 0 Å². The molecule has 8 nitrogen and oxygen atoms in total. The zero-order valence-corrected chi connectivity index (χ0v) is 24.1. The molecule has 3 heterocycles. The minimum atomic E-state index is -0.365. The molecule has 1 fully saturated rings. The lowest BCUT2D eigenvalue weighted by Gasteiger charge is -2.08. The van der Waals surface area contributed by atoms with Crippen LogP contribution in [0.1, 0.15) is 50.6 Å². The van der Waals surface area contributed by atoms with Gasteiger partial charge in [0.05, 0.1) is 24.9 Å². The zero-order valence-electron chi connectivity index (χ0n) is 22.4. The number of amides is 1. The van der Waals surface area contributed by atoms with Crippen molar-refractivity contribution < 1.29 is 13.9 Å². The Balaban J connectivity index is 0.989. The number of nitrogens with one attached hydrogen (secondary N) is 1. The van der Waals surface area contributed by atoms with Gasteiger partial charge in [-0.05, 0) is 55.9 Å². The fourth-order valence-electron chi connectivity index (χ4n) is 4.59. The lowest BCUT2D eigenvalue weighted by molar-refractivity contribution is -0.121. The van der Waals surface area contributed by atoms with Gasteiger partial charge in [-0.3, -0.25) is 9.48 Å². The number of aromatic nitrogens is 3. The first-order valence-electron chi connectivity index (χ1n) is 13.8. The number of fused-ring (bicyclic) bond motifs is 1. The van der Waals surface area contributed by atoms with Crippen LogP contribution in [0.2, 0.25) is 0 Å². The monoisotopic (exact) mass is 578 g/mol. The van der Waals surface area contributed by atoms with E-state index in [2.05, 4.69) is 15.6 Å². The summed E-state index contributed by atoms with van der Waals surface area (Å²) in [4.78, 5) is 24.6. The highest BCUT2D eigenvalue weighted by molar-refractivity contribution is 8.77. The molecule has 0 aliphatic carbocycles. The van der Waals surface area contributed by atoms with Crippen LogP contribution in [0.5, 0.6) is 5.75 Å². The number of ether oxygens (including phenoxy) is 1. The van der Waals surface area contributed by atoms with Gasteiger partial charge < -0.3 is 14.5 Å². The highest BCUT2D eigenvalue weighted by atomic mass is 33.1. The van der Waals surface area contributed by atoms with Crippen LogP contribution in [-0.4, -0.2) is 38.5 Å². The third-order valence-corrected chi connectivity index (χ3v) is 9.81. The first kappa shape index (κ1) is 28.3. The van der Waals surface area contributed by atoms with Gasteiger partial charge in [-0.25, -0.2) is 4.79 Å². The Morgan fingerprint density at radius 3 is 2.85 bits per heavy atom. The molecule has 2 aromatic carbocycles. The number of hydrogen-bond acceptors (Lipinski definition) is 8. The van der Waals surface area contributed by atoms with Crippen molar-refractivity contribution >= 4 is 38.5 Å². The van der Waals surface area contributed by atoms with Crippen LogP contribution in [0.4, 0.5) is 0 Å². The summed E-state index contributed by atoms with van der Waals surface area (Å²) < 4.78 is 13.3. The molecule has 1 N–H and O–H groups in total. The van der Waals surface area contributed by atoms with Crippen molar-refractivity contribution in [2.24, 2.45) is 0 Å². The molecular weight excluding hydrogens is 544 g/mol. The molecule has 0 bridgehead atoms. The van der Waals surface area contributed by atoms with E-state index in [1.54, 1.807) is 10.7 Å². The summed E-state index contributed by atoms with van der Waals surface area (Å²) in [7, 11) is 3.96. The van der Waals surface area contributed by atoms with E-state index in [1.165, 1.54) is 18.6 Å². The van der Waals surface area contributed by atoms with Crippen LogP contribution in [-0.2, 0) is 17.9 Å². The van der Waals surface area contributed by atoms with Gasteiger partial charge in [-0.2, -0.15) is 0 Å². The second-order valence-corrected chi connectivity index (χ2v) is 12.7. The molecule has 1 saturated heterocycles. The number of hydrogen-bond donors (Lipinski definition) is 1. The molecule has 4 aromatic rings. The number of carbonyl (C=O) groups excluding carboxylic acids is 1. The first-order valence-corrected chi connectivity index (χ1v) is 16.2. The van der Waals surface area contributed by atoms with Gasteiger partial charge in [0.2, 0.25) is 5.91 Å². The van der Waals surface area contributed by atoms with E-state index in [0.717, 1.165) is 54.1 Å². The summed E-state index contributed by atoms with van der Waals surface area (Å²) in [5.74, 6) is 2.00. The highest BCUT2D eigenvalue weighted by Gasteiger charge is 2.16.